The smallest absolute Gasteiger partial charge is 1.00 e. The van der Waals surface area contributed by atoms with E-state index in [1.807, 2.05) is 0 Å². The molecule has 0 aromatic heterocycles. The maximum Gasteiger partial charge on any atom is 3.00 e. The van der Waals surface area contributed by atoms with Gasteiger partial charge in [-0.1, -0.05) is 25.7 Å². The average Bonchev–Trinajstić information content (AvgIpc) is 2.33. The summed E-state index contributed by atoms with van der Waals surface area (Å²) in [6.45, 7) is 0. The third-order valence-electron chi connectivity index (χ3n) is 2.15. The Morgan fingerprint density at radius 3 is 2.42 bits per heavy atom. The molecular weight excluding hydrogens is 359 g/mol. The number of halogens is 2. The fourth-order valence-corrected chi connectivity index (χ4v) is 1.61. The summed E-state index contributed by atoms with van der Waals surface area (Å²) in [5.41, 5.74) is 3.20. The van der Waals surface area contributed by atoms with Crippen molar-refractivity contribution in [3.8, 4) is 0 Å². The predicted octanol–water partition coefficient (Wildman–Crippen LogP) is -3.71. The molecule has 0 nitrogen and oxygen atoms in total. The fourth-order valence-electron chi connectivity index (χ4n) is 1.61. The third kappa shape index (κ3) is 3.51. The Balaban J connectivity index is 0. The molecule has 12 heavy (non-hydrogen) atoms. The van der Waals surface area contributed by atoms with Crippen molar-refractivity contribution in [3.05, 3.63) is 29.3 Å². The molecule has 1 aromatic rings. The second kappa shape index (κ2) is 7.58. The molecule has 0 unspecified atom stereocenters. The molecule has 65 valence electrons. The van der Waals surface area contributed by atoms with Crippen LogP contribution in [0.2, 0.25) is 0 Å². The zero-order chi connectivity index (χ0) is 6.10. The molecule has 1 aliphatic rings. The molecule has 3 heteroatoms. The van der Waals surface area contributed by atoms with E-state index in [0.717, 1.165) is 0 Å². The molecule has 1 aromatic carbocycles. The zero-order valence-electron chi connectivity index (χ0n) is 6.82. The van der Waals surface area contributed by atoms with E-state index in [9.17, 15) is 0 Å². The Morgan fingerprint density at radius 2 is 1.75 bits per heavy atom. The van der Waals surface area contributed by atoms with Crippen molar-refractivity contribution in [3.63, 3.8) is 0 Å². The van der Waals surface area contributed by atoms with E-state index in [4.69, 9.17) is 0 Å². The second-order valence-electron chi connectivity index (χ2n) is 2.78. The van der Waals surface area contributed by atoms with Gasteiger partial charge in [-0.3, -0.25) is 0 Å². The van der Waals surface area contributed by atoms with Crippen LogP contribution >= 0.6 is 0 Å². The molecule has 0 amide bonds. The summed E-state index contributed by atoms with van der Waals surface area (Å²) in [6.07, 6.45) is 5.44. The van der Waals surface area contributed by atoms with Gasteiger partial charge in [-0.25, -0.2) is 6.07 Å². The van der Waals surface area contributed by atoms with E-state index < -0.39 is 0 Å². The van der Waals surface area contributed by atoms with Gasteiger partial charge in [0.1, 0.15) is 0 Å². The predicted molar refractivity (Wildman–Crippen MR) is 38.7 cm³/mol. The minimum absolute atomic E-state index is 0. The van der Waals surface area contributed by atoms with E-state index in [1.54, 1.807) is 11.1 Å². The Kier molecular flexibility index (Phi) is 9.89. The van der Waals surface area contributed by atoms with Gasteiger partial charge >= 0.3 is 26.2 Å². The van der Waals surface area contributed by atoms with E-state index in [-0.39, 0.29) is 60.2 Å². The van der Waals surface area contributed by atoms with Crippen molar-refractivity contribution in [2.75, 3.05) is 0 Å². The van der Waals surface area contributed by atoms with Crippen molar-refractivity contribution < 1.29 is 60.2 Å². The van der Waals surface area contributed by atoms with Gasteiger partial charge in [0.2, 0.25) is 0 Å². The molecule has 0 spiro atoms. The Bertz CT molecular complexity index is 188. The van der Waals surface area contributed by atoms with Gasteiger partial charge in [0.25, 0.3) is 0 Å². The topological polar surface area (TPSA) is 0 Å². The first kappa shape index (κ1) is 15.7. The molecule has 2 rings (SSSR count). The number of hydrogen-bond donors (Lipinski definition) is 0. The van der Waals surface area contributed by atoms with E-state index in [2.05, 4.69) is 18.2 Å². The maximum absolute atomic E-state index is 2.26. The van der Waals surface area contributed by atoms with Gasteiger partial charge in [0.15, 0.2) is 0 Å². The van der Waals surface area contributed by atoms with Crippen LogP contribution in [-0.4, -0.2) is 0 Å². The summed E-state index contributed by atoms with van der Waals surface area (Å²) < 4.78 is 0. The van der Waals surface area contributed by atoms with Crippen molar-refractivity contribution >= 4 is 0 Å². The Labute approximate surface area is 114 Å². The number of rotatable bonds is 0. The normalized spacial score (nSPS) is 13.0. The largest absolute Gasteiger partial charge is 3.00 e. The second-order valence-corrected chi connectivity index (χ2v) is 2.78. The van der Waals surface area contributed by atoms with Crippen molar-refractivity contribution in [2.45, 2.75) is 25.7 Å². The standard InChI is InChI=1S/C9H11.2BrH.Zr/c1-2-5-9-7-3-6-8(9)4-1;;;/h3,6-7H,1-2,4-5H2;2*1H;/q-1;;;+3/p-2. The Hall–Kier alpha value is 1.19. The monoisotopic (exact) mass is 367 g/mol. The van der Waals surface area contributed by atoms with Gasteiger partial charge < -0.3 is 34.0 Å². The van der Waals surface area contributed by atoms with Crippen LogP contribution in [-0.2, 0) is 39.0 Å². The van der Waals surface area contributed by atoms with Gasteiger partial charge in [-0.2, -0.15) is 23.3 Å². The fraction of sp³-hybridized carbons (Fsp3) is 0.444. The first-order valence-corrected chi connectivity index (χ1v) is 3.70. The molecule has 0 bridgehead atoms. The first-order chi connectivity index (χ1) is 4.47. The van der Waals surface area contributed by atoms with Gasteiger partial charge in [-0.15, -0.1) is 0 Å². The molecule has 0 saturated heterocycles. The van der Waals surface area contributed by atoms with Crippen LogP contribution < -0.4 is 34.0 Å². The number of aryl methyl sites for hydroxylation is 2. The van der Waals surface area contributed by atoms with Crippen molar-refractivity contribution in [1.29, 1.82) is 0 Å². The minimum Gasteiger partial charge on any atom is -1.00 e. The van der Waals surface area contributed by atoms with Gasteiger partial charge in [-0.05, 0) is 0 Å². The zero-order valence-corrected chi connectivity index (χ0v) is 12.4. The van der Waals surface area contributed by atoms with Crippen LogP contribution in [0.25, 0.3) is 0 Å². The van der Waals surface area contributed by atoms with Crippen LogP contribution in [0.15, 0.2) is 18.2 Å². The summed E-state index contributed by atoms with van der Waals surface area (Å²) in [4.78, 5) is 0. The summed E-state index contributed by atoms with van der Waals surface area (Å²) in [5, 5.41) is 0. The van der Waals surface area contributed by atoms with E-state index in [0.29, 0.717) is 0 Å². The summed E-state index contributed by atoms with van der Waals surface area (Å²) in [5.74, 6) is 0. The van der Waals surface area contributed by atoms with Crippen LogP contribution in [0.5, 0.6) is 0 Å². The molecule has 1 radical (unpaired) electrons. The number of hydrogen-bond acceptors (Lipinski definition) is 0. The van der Waals surface area contributed by atoms with Crippen LogP contribution in [0.4, 0.5) is 0 Å². The molecule has 0 heterocycles. The third-order valence-corrected chi connectivity index (χ3v) is 2.15. The molecule has 0 atom stereocenters. The minimum atomic E-state index is 0. The molecule has 0 fully saturated rings. The summed E-state index contributed by atoms with van der Waals surface area (Å²) in [7, 11) is 0. The quantitative estimate of drug-likeness (QED) is 0.413. The summed E-state index contributed by atoms with van der Waals surface area (Å²) in [6, 6.07) is 6.69. The average molecular weight is 370 g/mol. The molecule has 0 N–H and O–H groups in total. The molecule has 1 aliphatic carbocycles. The van der Waals surface area contributed by atoms with Crippen molar-refractivity contribution in [2.24, 2.45) is 0 Å². The SMILES string of the molecule is [Br-].[Br-].[Zr+3].c1cc2c([cH-]1)CCCC2. The maximum atomic E-state index is 2.26. The van der Waals surface area contributed by atoms with E-state index >= 15 is 0 Å². The molecule has 0 saturated carbocycles. The van der Waals surface area contributed by atoms with Crippen LogP contribution in [0, 0.1) is 0 Å². The van der Waals surface area contributed by atoms with Crippen LogP contribution in [0.1, 0.15) is 24.0 Å². The van der Waals surface area contributed by atoms with Gasteiger partial charge in [0, 0.05) is 0 Å². The van der Waals surface area contributed by atoms with Crippen LogP contribution in [0.3, 0.4) is 0 Å². The summed E-state index contributed by atoms with van der Waals surface area (Å²) >= 11 is 0. The Morgan fingerprint density at radius 1 is 1.08 bits per heavy atom. The number of fused-ring (bicyclic) bond motifs is 1. The van der Waals surface area contributed by atoms with Crippen molar-refractivity contribution in [1.82, 2.24) is 0 Å². The molecule has 0 aliphatic heterocycles. The molecular formula is C9H11Br2Zr. The van der Waals surface area contributed by atoms with E-state index in [1.165, 1.54) is 25.7 Å². The first-order valence-electron chi connectivity index (χ1n) is 3.70. The van der Waals surface area contributed by atoms with Gasteiger partial charge in [0.05, 0.1) is 0 Å².